The second-order valence-electron chi connectivity index (χ2n) is 6.95. The van der Waals surface area contributed by atoms with Crippen LogP contribution < -0.4 is 5.32 Å². The first-order valence-electron chi connectivity index (χ1n) is 9.06. The van der Waals surface area contributed by atoms with Crippen LogP contribution in [-0.4, -0.2) is 65.0 Å². The lowest BCUT2D eigenvalue weighted by Crippen LogP contribution is -2.48. The van der Waals surface area contributed by atoms with Crippen molar-refractivity contribution in [2.45, 2.75) is 50.8 Å². The predicted molar refractivity (Wildman–Crippen MR) is 91.7 cm³/mol. The smallest absolute Gasteiger partial charge is 0.242 e. The maximum atomic E-state index is 12.6. The van der Waals surface area contributed by atoms with Crippen molar-refractivity contribution < 1.29 is 19.1 Å². The third-order valence-electron chi connectivity index (χ3n) is 5.16. The second kappa shape index (κ2) is 8.01. The zero-order valence-corrected chi connectivity index (χ0v) is 14.7. The molecule has 0 unspecified atom stereocenters. The summed E-state index contributed by atoms with van der Waals surface area (Å²) in [6, 6.07) is 3.20. The van der Waals surface area contributed by atoms with Crippen LogP contribution in [0.25, 0.3) is 0 Å². The lowest BCUT2D eigenvalue weighted by atomic mass is 10.1. The molecule has 138 valence electrons. The molecule has 2 amide bonds. The summed E-state index contributed by atoms with van der Waals surface area (Å²) >= 11 is 0. The standard InChI is InChI=1S/C18H27N3O4/c1-13(22)21-12-14(23)10-15(21)18(24)19-11-16(17-6-5-9-25-17)20-7-3-2-4-8-20/h5-6,9,14-16,23H,2-4,7-8,10-12H2,1H3,(H,19,24)/t14-,15+,16-/m0/s1. The van der Waals surface area contributed by atoms with Gasteiger partial charge in [0.05, 0.1) is 18.4 Å². The summed E-state index contributed by atoms with van der Waals surface area (Å²) in [5.74, 6) is 0.452. The molecule has 3 atom stereocenters. The molecule has 2 aliphatic rings. The van der Waals surface area contributed by atoms with Crippen LogP contribution in [0.2, 0.25) is 0 Å². The Hall–Kier alpha value is -1.86. The number of carbonyl (C=O) groups excluding carboxylic acids is 2. The van der Waals surface area contributed by atoms with E-state index in [1.165, 1.54) is 18.2 Å². The van der Waals surface area contributed by atoms with Crippen molar-refractivity contribution in [3.05, 3.63) is 24.2 Å². The molecule has 0 bridgehead atoms. The van der Waals surface area contributed by atoms with Gasteiger partial charge in [-0.25, -0.2) is 0 Å². The number of likely N-dealkylation sites (tertiary alicyclic amines) is 2. The zero-order valence-electron chi connectivity index (χ0n) is 14.7. The molecule has 2 N–H and O–H groups in total. The van der Waals surface area contributed by atoms with Crippen LogP contribution in [0.15, 0.2) is 22.8 Å². The lowest BCUT2D eigenvalue weighted by Gasteiger charge is -2.34. The average Bonchev–Trinajstić information content (AvgIpc) is 3.25. The molecule has 7 nitrogen and oxygen atoms in total. The highest BCUT2D eigenvalue weighted by molar-refractivity contribution is 5.87. The van der Waals surface area contributed by atoms with Crippen molar-refractivity contribution in [3.8, 4) is 0 Å². The van der Waals surface area contributed by atoms with Gasteiger partial charge in [-0.15, -0.1) is 0 Å². The number of amides is 2. The van der Waals surface area contributed by atoms with Gasteiger partial charge >= 0.3 is 0 Å². The second-order valence-corrected chi connectivity index (χ2v) is 6.95. The number of piperidine rings is 1. The van der Waals surface area contributed by atoms with E-state index in [1.54, 1.807) is 6.26 Å². The maximum Gasteiger partial charge on any atom is 0.242 e. The fourth-order valence-electron chi connectivity index (χ4n) is 3.85. The van der Waals surface area contributed by atoms with Gasteiger partial charge in [0.25, 0.3) is 0 Å². The molecule has 2 saturated heterocycles. The van der Waals surface area contributed by atoms with Crippen molar-refractivity contribution in [1.82, 2.24) is 15.1 Å². The molecule has 2 aliphatic heterocycles. The van der Waals surface area contributed by atoms with Crippen molar-refractivity contribution in [3.63, 3.8) is 0 Å². The monoisotopic (exact) mass is 349 g/mol. The van der Waals surface area contributed by atoms with Gasteiger partial charge in [0.2, 0.25) is 11.8 Å². The lowest BCUT2D eigenvalue weighted by molar-refractivity contribution is -0.137. The summed E-state index contributed by atoms with van der Waals surface area (Å²) in [5.41, 5.74) is 0. The average molecular weight is 349 g/mol. The van der Waals surface area contributed by atoms with E-state index in [-0.39, 0.29) is 24.4 Å². The van der Waals surface area contributed by atoms with E-state index in [4.69, 9.17) is 4.42 Å². The Bertz CT molecular complexity index is 583. The van der Waals surface area contributed by atoms with Crippen LogP contribution in [0.4, 0.5) is 0 Å². The first-order valence-corrected chi connectivity index (χ1v) is 9.06. The van der Waals surface area contributed by atoms with Crippen LogP contribution in [0.3, 0.4) is 0 Å². The fourth-order valence-corrected chi connectivity index (χ4v) is 3.85. The summed E-state index contributed by atoms with van der Waals surface area (Å²) in [5, 5.41) is 12.8. The zero-order chi connectivity index (χ0) is 17.8. The van der Waals surface area contributed by atoms with Gasteiger partial charge in [0.15, 0.2) is 0 Å². The maximum absolute atomic E-state index is 12.6. The van der Waals surface area contributed by atoms with E-state index in [9.17, 15) is 14.7 Å². The van der Waals surface area contributed by atoms with Crippen LogP contribution in [-0.2, 0) is 9.59 Å². The Balaban J connectivity index is 1.64. The molecule has 3 rings (SSSR count). The van der Waals surface area contributed by atoms with Gasteiger partial charge in [-0.05, 0) is 38.1 Å². The number of carbonyl (C=O) groups is 2. The molecule has 3 heterocycles. The van der Waals surface area contributed by atoms with E-state index >= 15 is 0 Å². The Morgan fingerprint density at radius 1 is 1.36 bits per heavy atom. The number of nitrogens with one attached hydrogen (secondary N) is 1. The predicted octanol–water partition coefficient (Wildman–Crippen LogP) is 0.904. The van der Waals surface area contributed by atoms with Crippen LogP contribution >= 0.6 is 0 Å². The first-order chi connectivity index (χ1) is 12.1. The quantitative estimate of drug-likeness (QED) is 0.825. The van der Waals surface area contributed by atoms with Crippen LogP contribution in [0.1, 0.15) is 44.4 Å². The Labute approximate surface area is 148 Å². The summed E-state index contributed by atoms with van der Waals surface area (Å²) in [6.07, 6.45) is 4.85. The third-order valence-corrected chi connectivity index (χ3v) is 5.16. The van der Waals surface area contributed by atoms with E-state index in [2.05, 4.69) is 10.2 Å². The summed E-state index contributed by atoms with van der Waals surface area (Å²) in [6.45, 7) is 4.06. The number of rotatable bonds is 5. The SMILES string of the molecule is CC(=O)N1C[C@@H](O)C[C@@H]1C(=O)NC[C@@H](c1ccco1)N1CCCCC1. The van der Waals surface area contributed by atoms with Crippen molar-refractivity contribution in [2.24, 2.45) is 0 Å². The van der Waals surface area contributed by atoms with Crippen LogP contribution in [0, 0.1) is 0 Å². The molecule has 2 fully saturated rings. The Morgan fingerprint density at radius 3 is 2.76 bits per heavy atom. The Morgan fingerprint density at radius 2 is 2.12 bits per heavy atom. The number of hydrogen-bond donors (Lipinski definition) is 2. The van der Waals surface area contributed by atoms with Gasteiger partial charge in [0.1, 0.15) is 11.8 Å². The Kier molecular flexibility index (Phi) is 5.75. The molecular weight excluding hydrogens is 322 g/mol. The normalized spacial score (nSPS) is 25.8. The van der Waals surface area contributed by atoms with Gasteiger partial charge in [-0.1, -0.05) is 6.42 Å². The number of aliphatic hydroxyl groups is 1. The number of aliphatic hydroxyl groups excluding tert-OH is 1. The highest BCUT2D eigenvalue weighted by Crippen LogP contribution is 2.25. The fraction of sp³-hybridized carbons (Fsp3) is 0.667. The minimum absolute atomic E-state index is 0.00338. The molecule has 0 aliphatic carbocycles. The van der Waals surface area contributed by atoms with Crippen LogP contribution in [0.5, 0.6) is 0 Å². The highest BCUT2D eigenvalue weighted by Gasteiger charge is 2.38. The van der Waals surface area contributed by atoms with E-state index < -0.39 is 12.1 Å². The number of hydrogen-bond acceptors (Lipinski definition) is 5. The van der Waals surface area contributed by atoms with Gasteiger partial charge in [-0.3, -0.25) is 14.5 Å². The molecule has 1 aromatic heterocycles. The molecule has 0 spiro atoms. The van der Waals surface area contributed by atoms with E-state index in [1.807, 2.05) is 12.1 Å². The number of nitrogens with zero attached hydrogens (tertiary/aromatic N) is 2. The largest absolute Gasteiger partial charge is 0.468 e. The van der Waals surface area contributed by atoms with Crippen molar-refractivity contribution >= 4 is 11.8 Å². The summed E-state index contributed by atoms with van der Waals surface area (Å²) < 4.78 is 5.59. The third kappa shape index (κ3) is 4.22. The topological polar surface area (TPSA) is 86.0 Å². The molecule has 0 saturated carbocycles. The van der Waals surface area contributed by atoms with Crippen molar-refractivity contribution in [1.29, 1.82) is 0 Å². The summed E-state index contributed by atoms with van der Waals surface area (Å²) in [7, 11) is 0. The van der Waals surface area contributed by atoms with Gasteiger partial charge in [-0.2, -0.15) is 0 Å². The van der Waals surface area contributed by atoms with E-state index in [0.29, 0.717) is 13.0 Å². The molecule has 0 aromatic carbocycles. The molecule has 0 radical (unpaired) electrons. The number of furan rings is 1. The minimum Gasteiger partial charge on any atom is -0.468 e. The highest BCUT2D eigenvalue weighted by atomic mass is 16.3. The molecule has 25 heavy (non-hydrogen) atoms. The van der Waals surface area contributed by atoms with Crippen molar-refractivity contribution in [2.75, 3.05) is 26.2 Å². The molecule has 7 heteroatoms. The minimum atomic E-state index is -0.636. The first kappa shape index (κ1) is 17.9. The van der Waals surface area contributed by atoms with Gasteiger partial charge < -0.3 is 19.7 Å². The van der Waals surface area contributed by atoms with E-state index in [0.717, 1.165) is 31.7 Å². The molecular formula is C18H27N3O4. The molecule has 1 aromatic rings. The summed E-state index contributed by atoms with van der Waals surface area (Å²) in [4.78, 5) is 28.1. The number of β-amino-alcohol motifs (C(OH)–C–C–N with tert-alkyl or cyclic N) is 1. The van der Waals surface area contributed by atoms with Gasteiger partial charge in [0, 0.05) is 26.4 Å².